The highest BCUT2D eigenvalue weighted by molar-refractivity contribution is 9.10. The van der Waals surface area contributed by atoms with Gasteiger partial charge in [0.15, 0.2) is 0 Å². The van der Waals surface area contributed by atoms with Crippen LogP contribution in [0.2, 0.25) is 0 Å². The number of rotatable bonds is 3. The van der Waals surface area contributed by atoms with Crippen molar-refractivity contribution in [2.75, 3.05) is 4.90 Å². The van der Waals surface area contributed by atoms with Crippen molar-refractivity contribution in [1.29, 1.82) is 0 Å². The highest BCUT2D eigenvalue weighted by Crippen LogP contribution is 2.42. The lowest BCUT2D eigenvalue weighted by Crippen LogP contribution is -2.29. The maximum Gasteiger partial charge on any atom is 0.300 e. The van der Waals surface area contributed by atoms with E-state index < -0.39 is 23.5 Å². The average molecular weight is 466 g/mol. The summed E-state index contributed by atoms with van der Waals surface area (Å²) < 4.78 is 14.7. The van der Waals surface area contributed by atoms with Crippen molar-refractivity contribution in [3.05, 3.63) is 105 Å². The van der Waals surface area contributed by atoms with E-state index in [2.05, 4.69) is 15.9 Å². The quantitative estimate of drug-likeness (QED) is 0.314. The first-order valence-electron chi connectivity index (χ1n) is 9.26. The number of Topliss-reactive ketones (excluding diaryl/α,β-unsaturated/α-hetero) is 1. The van der Waals surface area contributed by atoms with E-state index >= 15 is 0 Å². The molecule has 1 unspecified atom stereocenters. The summed E-state index contributed by atoms with van der Waals surface area (Å²) in [6.07, 6.45) is 0. The summed E-state index contributed by atoms with van der Waals surface area (Å²) in [7, 11) is 0. The molecule has 0 saturated carbocycles. The van der Waals surface area contributed by atoms with Crippen LogP contribution in [0.5, 0.6) is 0 Å². The molecule has 1 saturated heterocycles. The number of aliphatic hydroxyl groups excluding tert-OH is 1. The predicted molar refractivity (Wildman–Crippen MR) is 117 cm³/mol. The Labute approximate surface area is 181 Å². The molecule has 30 heavy (non-hydrogen) atoms. The molecule has 1 N–H and O–H groups in total. The Morgan fingerprint density at radius 2 is 1.73 bits per heavy atom. The number of anilines is 1. The Kier molecular flexibility index (Phi) is 5.26. The van der Waals surface area contributed by atoms with Crippen molar-refractivity contribution >= 4 is 39.1 Å². The van der Waals surface area contributed by atoms with Crippen molar-refractivity contribution in [3.8, 4) is 0 Å². The van der Waals surface area contributed by atoms with Crippen LogP contribution in [0.4, 0.5) is 10.1 Å². The fourth-order valence-electron chi connectivity index (χ4n) is 3.62. The van der Waals surface area contributed by atoms with Crippen molar-refractivity contribution in [1.82, 2.24) is 0 Å². The molecule has 3 aromatic rings. The van der Waals surface area contributed by atoms with Crippen molar-refractivity contribution in [2.24, 2.45) is 0 Å². The largest absolute Gasteiger partial charge is 0.507 e. The van der Waals surface area contributed by atoms with Crippen LogP contribution in [0.25, 0.3) is 5.76 Å². The number of aryl methyl sites for hydroxylation is 1. The predicted octanol–water partition coefficient (Wildman–Crippen LogP) is 5.52. The number of ketones is 1. The Hall–Kier alpha value is -3.25. The number of benzene rings is 3. The van der Waals surface area contributed by atoms with E-state index in [-0.39, 0.29) is 17.0 Å². The van der Waals surface area contributed by atoms with Gasteiger partial charge in [-0.15, -0.1) is 0 Å². The maximum absolute atomic E-state index is 13.9. The summed E-state index contributed by atoms with van der Waals surface area (Å²) in [5.41, 5.74) is 2.15. The molecule has 150 valence electrons. The Morgan fingerprint density at radius 3 is 2.40 bits per heavy atom. The summed E-state index contributed by atoms with van der Waals surface area (Å²) in [4.78, 5) is 27.2. The van der Waals surface area contributed by atoms with E-state index in [0.29, 0.717) is 11.1 Å². The van der Waals surface area contributed by atoms with Gasteiger partial charge in [0, 0.05) is 15.7 Å². The minimum atomic E-state index is -0.878. The number of amides is 1. The van der Waals surface area contributed by atoms with Crippen LogP contribution in [0.15, 0.2) is 82.8 Å². The minimum Gasteiger partial charge on any atom is -0.507 e. The van der Waals surface area contributed by atoms with Gasteiger partial charge in [-0.05, 0) is 48.4 Å². The lowest BCUT2D eigenvalue weighted by molar-refractivity contribution is -0.132. The van der Waals surface area contributed by atoms with Gasteiger partial charge in [0.25, 0.3) is 11.7 Å². The molecular weight excluding hydrogens is 449 g/mol. The molecular formula is C24H17BrFNO3. The molecule has 1 aliphatic heterocycles. The summed E-state index contributed by atoms with van der Waals surface area (Å²) in [5, 5.41) is 11.1. The second-order valence-corrected chi connectivity index (χ2v) is 7.88. The van der Waals surface area contributed by atoms with E-state index in [1.54, 1.807) is 48.5 Å². The van der Waals surface area contributed by atoms with E-state index in [1.807, 2.05) is 13.0 Å². The molecule has 6 heteroatoms. The molecule has 4 rings (SSSR count). The fourth-order valence-corrected chi connectivity index (χ4v) is 3.87. The molecule has 0 aromatic heterocycles. The minimum absolute atomic E-state index is 0.0304. The van der Waals surface area contributed by atoms with Crippen LogP contribution >= 0.6 is 15.9 Å². The summed E-state index contributed by atoms with van der Waals surface area (Å²) >= 11 is 3.42. The first-order valence-corrected chi connectivity index (χ1v) is 10.1. The summed E-state index contributed by atoms with van der Waals surface area (Å²) in [5.74, 6) is -2.42. The van der Waals surface area contributed by atoms with Crippen molar-refractivity contribution in [2.45, 2.75) is 13.0 Å². The summed E-state index contributed by atoms with van der Waals surface area (Å²) in [6.45, 7) is 1.86. The zero-order valence-electron chi connectivity index (χ0n) is 16.0. The smallest absolute Gasteiger partial charge is 0.300 e. The van der Waals surface area contributed by atoms with Gasteiger partial charge in [-0.3, -0.25) is 14.5 Å². The number of carbonyl (C=O) groups excluding carboxylic acids is 2. The fraction of sp³-hybridized carbons (Fsp3) is 0.0833. The van der Waals surface area contributed by atoms with E-state index in [9.17, 15) is 19.1 Å². The lowest BCUT2D eigenvalue weighted by atomic mass is 9.95. The number of carbonyl (C=O) groups is 2. The molecule has 1 heterocycles. The molecule has 1 amide bonds. The number of nitrogens with zero attached hydrogens (tertiary/aromatic N) is 1. The van der Waals surface area contributed by atoms with Crippen molar-refractivity contribution in [3.63, 3.8) is 0 Å². The molecule has 0 spiro atoms. The number of hydrogen-bond donors (Lipinski definition) is 1. The summed E-state index contributed by atoms with van der Waals surface area (Å²) in [6, 6.07) is 18.7. The molecule has 0 radical (unpaired) electrons. The van der Waals surface area contributed by atoms with Gasteiger partial charge in [-0.2, -0.15) is 0 Å². The third-order valence-electron chi connectivity index (χ3n) is 5.08. The Bertz CT molecular complexity index is 1190. The van der Waals surface area contributed by atoms with Gasteiger partial charge in [-0.25, -0.2) is 4.39 Å². The zero-order valence-corrected chi connectivity index (χ0v) is 17.6. The first kappa shape index (κ1) is 20.0. The topological polar surface area (TPSA) is 57.6 Å². The Morgan fingerprint density at radius 1 is 1.00 bits per heavy atom. The molecule has 0 bridgehead atoms. The number of halogens is 2. The van der Waals surface area contributed by atoms with Gasteiger partial charge < -0.3 is 5.11 Å². The average Bonchev–Trinajstić information content (AvgIpc) is 3.01. The molecule has 1 fully saturated rings. The SMILES string of the molecule is Cc1cc(/C(O)=C2\C(=O)C(=O)N(c3cccc(F)c3)C2c2ccccc2)ccc1Br. The maximum atomic E-state index is 13.9. The van der Waals surface area contributed by atoms with Gasteiger partial charge in [-0.1, -0.05) is 58.4 Å². The van der Waals surface area contributed by atoms with Crippen LogP contribution in [0.1, 0.15) is 22.7 Å². The van der Waals surface area contributed by atoms with Gasteiger partial charge >= 0.3 is 0 Å². The normalized spacial score (nSPS) is 18.1. The monoisotopic (exact) mass is 465 g/mol. The number of aliphatic hydroxyl groups is 1. The third-order valence-corrected chi connectivity index (χ3v) is 5.97. The van der Waals surface area contributed by atoms with E-state index in [4.69, 9.17) is 0 Å². The van der Waals surface area contributed by atoms with Crippen LogP contribution in [-0.2, 0) is 9.59 Å². The van der Waals surface area contributed by atoms with Gasteiger partial charge in [0.2, 0.25) is 0 Å². The molecule has 4 nitrogen and oxygen atoms in total. The van der Waals surface area contributed by atoms with Gasteiger partial charge in [0.1, 0.15) is 11.6 Å². The van der Waals surface area contributed by atoms with Crippen LogP contribution in [-0.4, -0.2) is 16.8 Å². The first-order chi connectivity index (χ1) is 14.4. The van der Waals surface area contributed by atoms with E-state index in [1.165, 1.54) is 23.1 Å². The molecule has 3 aromatic carbocycles. The highest BCUT2D eigenvalue weighted by atomic mass is 79.9. The zero-order chi connectivity index (χ0) is 21.4. The van der Waals surface area contributed by atoms with Crippen molar-refractivity contribution < 1.29 is 19.1 Å². The number of hydrogen-bond acceptors (Lipinski definition) is 3. The standard InChI is InChI=1S/C24H17BrFNO3/c1-14-12-16(10-11-19(14)25)22(28)20-21(15-6-3-2-4-7-15)27(24(30)23(20)29)18-9-5-8-17(26)13-18/h2-13,21,28H,1H3/b22-20+. The molecule has 1 aliphatic rings. The lowest BCUT2D eigenvalue weighted by Gasteiger charge is -2.25. The van der Waals surface area contributed by atoms with E-state index in [0.717, 1.165) is 10.0 Å². The van der Waals surface area contributed by atoms with Gasteiger partial charge in [0.05, 0.1) is 11.6 Å². The highest BCUT2D eigenvalue weighted by Gasteiger charge is 2.47. The van der Waals surface area contributed by atoms with Crippen LogP contribution in [0, 0.1) is 12.7 Å². The Balaban J connectivity index is 1.95. The second kappa shape index (κ2) is 7.88. The second-order valence-electron chi connectivity index (χ2n) is 7.02. The van der Waals surface area contributed by atoms with Crippen LogP contribution < -0.4 is 4.90 Å². The molecule has 1 atom stereocenters. The molecule has 0 aliphatic carbocycles. The van der Waals surface area contributed by atoms with Crippen LogP contribution in [0.3, 0.4) is 0 Å². The third kappa shape index (κ3) is 3.44.